The van der Waals surface area contributed by atoms with E-state index in [0.717, 1.165) is 12.8 Å². The summed E-state index contributed by atoms with van der Waals surface area (Å²) in [7, 11) is 0. The van der Waals surface area contributed by atoms with Gasteiger partial charge in [0.25, 0.3) is 0 Å². The molecule has 2 saturated heterocycles. The van der Waals surface area contributed by atoms with Crippen molar-refractivity contribution in [3.63, 3.8) is 0 Å². The van der Waals surface area contributed by atoms with E-state index < -0.39 is 29.5 Å². The van der Waals surface area contributed by atoms with Gasteiger partial charge < -0.3 is 19.5 Å². The van der Waals surface area contributed by atoms with Crippen molar-refractivity contribution in [3.05, 3.63) is 35.5 Å². The Morgan fingerprint density at radius 3 is 2.83 bits per heavy atom. The van der Waals surface area contributed by atoms with Crippen molar-refractivity contribution < 1.29 is 19.4 Å². The number of carboxylic acids is 1. The minimum absolute atomic E-state index is 0.135. The van der Waals surface area contributed by atoms with Gasteiger partial charge in [0.15, 0.2) is 0 Å². The third kappa shape index (κ3) is 2.81. The number of hydrogen-bond donors (Lipinski definition) is 0. The van der Waals surface area contributed by atoms with Crippen LogP contribution >= 0.6 is 0 Å². The van der Waals surface area contributed by atoms with Gasteiger partial charge in [0, 0.05) is 18.4 Å². The monoisotopic (exact) mass is 330 g/mol. The van der Waals surface area contributed by atoms with Crippen molar-refractivity contribution >= 4 is 11.9 Å². The number of ether oxygens (including phenoxy) is 1. The van der Waals surface area contributed by atoms with E-state index in [1.807, 2.05) is 6.08 Å². The van der Waals surface area contributed by atoms with Crippen molar-refractivity contribution in [1.82, 2.24) is 4.90 Å². The molecule has 0 unspecified atom stereocenters. The van der Waals surface area contributed by atoms with E-state index in [0.29, 0.717) is 13.1 Å². The Bertz CT molecular complexity index is 644. The number of carbonyl (C=O) groups is 2. The summed E-state index contributed by atoms with van der Waals surface area (Å²) in [5.41, 5.74) is 1.76. The van der Waals surface area contributed by atoms with Gasteiger partial charge in [0.05, 0.1) is 18.6 Å². The molecular formula is C19H24NO4-. The zero-order valence-corrected chi connectivity index (χ0v) is 14.5. The van der Waals surface area contributed by atoms with E-state index in [9.17, 15) is 14.7 Å². The van der Waals surface area contributed by atoms with E-state index in [2.05, 4.69) is 32.9 Å². The fourth-order valence-corrected chi connectivity index (χ4v) is 3.96. The molecule has 4 atom stereocenters. The fourth-order valence-electron chi connectivity index (χ4n) is 3.96. The Labute approximate surface area is 142 Å². The van der Waals surface area contributed by atoms with Gasteiger partial charge in [0.2, 0.25) is 5.91 Å². The molecule has 0 radical (unpaired) electrons. The second-order valence-electron chi connectivity index (χ2n) is 7.31. The van der Waals surface area contributed by atoms with Crippen LogP contribution in [0, 0.1) is 11.8 Å². The van der Waals surface area contributed by atoms with Gasteiger partial charge in [-0.2, -0.15) is 0 Å². The number of hydrogen-bond acceptors (Lipinski definition) is 4. The summed E-state index contributed by atoms with van der Waals surface area (Å²) in [5.74, 6) is -2.84. The number of fused-ring (bicyclic) bond motifs is 1. The summed E-state index contributed by atoms with van der Waals surface area (Å²) < 4.78 is 5.83. The third-order valence-corrected chi connectivity index (χ3v) is 5.20. The zero-order chi connectivity index (χ0) is 17.5. The third-order valence-electron chi connectivity index (χ3n) is 5.20. The standard InChI is InChI=1S/C19H25NO4/c1-12(2)5-4-6-13(3)8-10-20-11-19-9-7-14(24-19)15(18(22)23)16(19)17(20)21/h5,7-9,14-16H,4,6,10-11H2,1-3H3,(H,22,23)/p-1/t14-,15+,16-,19-/m1/s1. The van der Waals surface area contributed by atoms with Crippen molar-refractivity contribution in [2.24, 2.45) is 11.8 Å². The normalized spacial score (nSPS) is 34.0. The molecule has 5 nitrogen and oxygen atoms in total. The number of nitrogens with zero attached hydrogens (tertiary/aromatic N) is 1. The first-order chi connectivity index (χ1) is 11.3. The van der Waals surface area contributed by atoms with E-state index in [1.54, 1.807) is 11.0 Å². The molecule has 0 N–H and O–H groups in total. The molecule has 3 aliphatic rings. The number of aliphatic carboxylic acids is 1. The maximum Gasteiger partial charge on any atom is 0.230 e. The highest BCUT2D eigenvalue weighted by Gasteiger charge is 2.65. The van der Waals surface area contributed by atoms with Crippen LogP contribution in [0.5, 0.6) is 0 Å². The highest BCUT2D eigenvalue weighted by atomic mass is 16.5. The molecule has 3 aliphatic heterocycles. The maximum absolute atomic E-state index is 12.7. The van der Waals surface area contributed by atoms with Gasteiger partial charge in [-0.25, -0.2) is 0 Å². The number of amides is 1. The van der Waals surface area contributed by atoms with Crippen LogP contribution in [0.3, 0.4) is 0 Å². The molecule has 0 aromatic rings. The Kier molecular flexibility index (Phi) is 4.38. The van der Waals surface area contributed by atoms with Crippen LogP contribution in [0.1, 0.15) is 33.6 Å². The number of allylic oxidation sites excluding steroid dienone is 3. The lowest BCUT2D eigenvalue weighted by Gasteiger charge is -2.24. The smallest absolute Gasteiger partial charge is 0.230 e. The van der Waals surface area contributed by atoms with Gasteiger partial charge in [0.1, 0.15) is 5.60 Å². The lowest BCUT2D eigenvalue weighted by Crippen LogP contribution is -2.45. The molecule has 0 aliphatic carbocycles. The lowest BCUT2D eigenvalue weighted by molar-refractivity contribution is -0.313. The van der Waals surface area contributed by atoms with Crippen LogP contribution in [0.4, 0.5) is 0 Å². The predicted octanol–water partition coefficient (Wildman–Crippen LogP) is 1.21. The van der Waals surface area contributed by atoms with Gasteiger partial charge in [-0.1, -0.05) is 35.5 Å². The topological polar surface area (TPSA) is 69.7 Å². The van der Waals surface area contributed by atoms with E-state index >= 15 is 0 Å². The highest BCUT2D eigenvalue weighted by molar-refractivity contribution is 5.90. The zero-order valence-electron chi connectivity index (χ0n) is 14.5. The largest absolute Gasteiger partial charge is 0.550 e. The van der Waals surface area contributed by atoms with Crippen molar-refractivity contribution in [2.75, 3.05) is 13.1 Å². The number of rotatable bonds is 6. The molecular weight excluding hydrogens is 306 g/mol. The van der Waals surface area contributed by atoms with E-state index in [-0.39, 0.29) is 5.91 Å². The summed E-state index contributed by atoms with van der Waals surface area (Å²) in [4.78, 5) is 25.8. The molecule has 0 aromatic carbocycles. The number of likely N-dealkylation sites (tertiary alicyclic amines) is 1. The summed E-state index contributed by atoms with van der Waals surface area (Å²) in [6.45, 7) is 7.14. The second kappa shape index (κ2) is 6.20. The first-order valence-corrected chi connectivity index (χ1v) is 8.50. The molecule has 0 aromatic heterocycles. The molecule has 1 amide bonds. The van der Waals surface area contributed by atoms with Gasteiger partial charge in [-0.15, -0.1) is 0 Å². The van der Waals surface area contributed by atoms with E-state index in [4.69, 9.17) is 4.74 Å². The van der Waals surface area contributed by atoms with Crippen LogP contribution in [-0.2, 0) is 14.3 Å². The molecule has 2 fully saturated rings. The maximum atomic E-state index is 12.7. The molecule has 0 saturated carbocycles. The lowest BCUT2D eigenvalue weighted by atomic mass is 9.77. The predicted molar refractivity (Wildman–Crippen MR) is 87.7 cm³/mol. The van der Waals surface area contributed by atoms with Crippen molar-refractivity contribution in [1.29, 1.82) is 0 Å². The minimum Gasteiger partial charge on any atom is -0.550 e. The van der Waals surface area contributed by atoms with Gasteiger partial charge >= 0.3 is 0 Å². The molecule has 130 valence electrons. The van der Waals surface area contributed by atoms with E-state index in [1.165, 1.54) is 11.1 Å². The van der Waals surface area contributed by atoms with Crippen LogP contribution in [0.2, 0.25) is 0 Å². The summed E-state index contributed by atoms with van der Waals surface area (Å²) >= 11 is 0. The first-order valence-electron chi connectivity index (χ1n) is 8.50. The van der Waals surface area contributed by atoms with Crippen LogP contribution in [-0.4, -0.2) is 41.6 Å². The molecule has 5 heteroatoms. The van der Waals surface area contributed by atoms with Crippen molar-refractivity contribution in [3.8, 4) is 0 Å². The summed E-state index contributed by atoms with van der Waals surface area (Å²) in [5, 5.41) is 11.4. The molecule has 3 heterocycles. The summed E-state index contributed by atoms with van der Waals surface area (Å²) in [6, 6.07) is 0. The molecule has 24 heavy (non-hydrogen) atoms. The van der Waals surface area contributed by atoms with Crippen molar-refractivity contribution in [2.45, 2.75) is 45.3 Å². The number of carbonyl (C=O) groups excluding carboxylic acids is 2. The Morgan fingerprint density at radius 1 is 1.42 bits per heavy atom. The average molecular weight is 330 g/mol. The highest BCUT2D eigenvalue weighted by Crippen LogP contribution is 2.51. The Hall–Kier alpha value is -1.88. The molecule has 2 bridgehead atoms. The minimum atomic E-state index is -1.19. The quantitative estimate of drug-likeness (QED) is 0.687. The van der Waals surface area contributed by atoms with Crippen LogP contribution in [0.15, 0.2) is 35.5 Å². The first kappa shape index (κ1) is 17.0. The second-order valence-corrected chi connectivity index (χ2v) is 7.31. The Balaban J connectivity index is 1.66. The SMILES string of the molecule is CC(C)=CCCC(C)=CCN1C[C@@]23C=C[C@@H](O2)[C@H](C(=O)[O-])[C@@H]3C1=O. The van der Waals surface area contributed by atoms with Gasteiger partial charge in [-0.3, -0.25) is 4.79 Å². The summed E-state index contributed by atoms with van der Waals surface area (Å²) in [6.07, 6.45) is 9.31. The average Bonchev–Trinajstić information content (AvgIpc) is 3.13. The van der Waals surface area contributed by atoms with Crippen LogP contribution < -0.4 is 5.11 Å². The van der Waals surface area contributed by atoms with Crippen LogP contribution in [0.25, 0.3) is 0 Å². The molecule has 1 spiro atoms. The number of carboxylic acid groups (broad SMARTS) is 1. The molecule has 3 rings (SSSR count). The van der Waals surface area contributed by atoms with Gasteiger partial charge in [-0.05, 0) is 33.6 Å². The fraction of sp³-hybridized carbons (Fsp3) is 0.579. The Morgan fingerprint density at radius 2 is 2.17 bits per heavy atom.